The van der Waals surface area contributed by atoms with E-state index < -0.39 is 28.4 Å². The van der Waals surface area contributed by atoms with E-state index >= 15 is 0 Å². The van der Waals surface area contributed by atoms with Crippen LogP contribution in [-0.2, 0) is 19.6 Å². The van der Waals surface area contributed by atoms with Gasteiger partial charge < -0.3 is 14.8 Å². The molecule has 0 fully saturated rings. The van der Waals surface area contributed by atoms with E-state index in [1.54, 1.807) is 25.1 Å². The summed E-state index contributed by atoms with van der Waals surface area (Å²) in [7, 11) is -2.65. The summed E-state index contributed by atoms with van der Waals surface area (Å²) in [5.74, 6) is -0.694. The Labute approximate surface area is 203 Å². The summed E-state index contributed by atoms with van der Waals surface area (Å²) in [5.41, 5.74) is 0.923. The van der Waals surface area contributed by atoms with E-state index in [-0.39, 0.29) is 22.2 Å². The zero-order valence-corrected chi connectivity index (χ0v) is 20.1. The fraction of sp³-hybridized carbons (Fsp3) is 0.167. The first-order chi connectivity index (χ1) is 16.3. The molecule has 0 spiro atoms. The lowest BCUT2D eigenvalue weighted by molar-refractivity contribution is -0.114. The highest BCUT2D eigenvalue weighted by molar-refractivity contribution is 7.92. The number of carbonyl (C=O) groups excluding carboxylic acids is 2. The highest BCUT2D eigenvalue weighted by Crippen LogP contribution is 2.32. The molecule has 0 aliphatic carbocycles. The van der Waals surface area contributed by atoms with Gasteiger partial charge in [0.25, 0.3) is 10.0 Å². The third-order valence-electron chi connectivity index (χ3n) is 4.72. The quantitative estimate of drug-likeness (QED) is 0.436. The van der Waals surface area contributed by atoms with Crippen LogP contribution in [0.3, 0.4) is 0 Å². The number of halogens is 1. The van der Waals surface area contributed by atoms with E-state index in [4.69, 9.17) is 21.1 Å². The number of hydrogen-bond donors (Lipinski definition) is 1. The molecule has 8 nitrogen and oxygen atoms in total. The Morgan fingerprint density at radius 3 is 2.26 bits per heavy atom. The van der Waals surface area contributed by atoms with E-state index in [2.05, 4.69) is 5.32 Å². The lowest BCUT2D eigenvalue weighted by Gasteiger charge is -2.24. The van der Waals surface area contributed by atoms with Crippen LogP contribution in [0.1, 0.15) is 17.3 Å². The van der Waals surface area contributed by atoms with Crippen molar-refractivity contribution in [2.45, 2.75) is 11.8 Å². The predicted octanol–water partition coefficient (Wildman–Crippen LogP) is 4.36. The number of nitrogens with one attached hydrogen (secondary N) is 1. The van der Waals surface area contributed by atoms with Gasteiger partial charge >= 0.3 is 5.97 Å². The summed E-state index contributed by atoms with van der Waals surface area (Å²) in [6.07, 6.45) is 0. The molecule has 0 saturated heterocycles. The molecule has 1 N–H and O–H groups in total. The van der Waals surface area contributed by atoms with Crippen LogP contribution in [0.25, 0.3) is 0 Å². The first-order valence-electron chi connectivity index (χ1n) is 10.2. The van der Waals surface area contributed by atoms with E-state index in [9.17, 15) is 18.0 Å². The SMILES string of the molecule is CCOC(=O)c1ccc(NC(=O)CN(c2ccc(OC)c(Cl)c2)S(=O)(=O)c2ccccc2)cc1. The third kappa shape index (κ3) is 5.86. The number of benzene rings is 3. The van der Waals surface area contributed by atoms with Crippen molar-refractivity contribution >= 4 is 44.9 Å². The average molecular weight is 503 g/mol. The third-order valence-corrected chi connectivity index (χ3v) is 6.81. The molecule has 3 aromatic carbocycles. The van der Waals surface area contributed by atoms with Gasteiger partial charge in [-0.15, -0.1) is 0 Å². The number of sulfonamides is 1. The van der Waals surface area contributed by atoms with Gasteiger partial charge in [-0.1, -0.05) is 29.8 Å². The van der Waals surface area contributed by atoms with Gasteiger partial charge in [0.15, 0.2) is 0 Å². The fourth-order valence-electron chi connectivity index (χ4n) is 3.08. The van der Waals surface area contributed by atoms with E-state index in [0.717, 1.165) is 4.31 Å². The summed E-state index contributed by atoms with van der Waals surface area (Å²) < 4.78 is 37.8. The van der Waals surface area contributed by atoms with Gasteiger partial charge in [-0.3, -0.25) is 9.10 Å². The van der Waals surface area contributed by atoms with Gasteiger partial charge in [0.1, 0.15) is 12.3 Å². The number of nitrogens with zero attached hydrogens (tertiary/aromatic N) is 1. The molecule has 0 aliphatic rings. The molecule has 34 heavy (non-hydrogen) atoms. The van der Waals surface area contributed by atoms with Crippen molar-refractivity contribution in [2.24, 2.45) is 0 Å². The highest BCUT2D eigenvalue weighted by atomic mass is 35.5. The van der Waals surface area contributed by atoms with Crippen LogP contribution < -0.4 is 14.4 Å². The Morgan fingerprint density at radius 2 is 1.68 bits per heavy atom. The number of hydrogen-bond acceptors (Lipinski definition) is 6. The minimum Gasteiger partial charge on any atom is -0.495 e. The molecule has 0 bridgehead atoms. The second kappa shape index (κ2) is 11.0. The fourth-order valence-corrected chi connectivity index (χ4v) is 4.77. The lowest BCUT2D eigenvalue weighted by atomic mass is 10.2. The second-order valence-electron chi connectivity index (χ2n) is 6.99. The van der Waals surface area contributed by atoms with Crippen molar-refractivity contribution < 1.29 is 27.5 Å². The van der Waals surface area contributed by atoms with Crippen molar-refractivity contribution in [1.29, 1.82) is 0 Å². The summed E-state index contributed by atoms with van der Waals surface area (Å²) in [4.78, 5) is 24.7. The minimum absolute atomic E-state index is 0.0218. The molecule has 0 heterocycles. The standard InChI is InChI=1S/C24H23ClN2O6S/c1-3-33-24(29)17-9-11-18(12-10-17)26-23(28)16-27(19-13-14-22(32-2)21(25)15-19)34(30,31)20-7-5-4-6-8-20/h4-15H,3,16H2,1-2H3,(H,26,28). The first kappa shape index (κ1) is 25.1. The number of ether oxygens (including phenoxy) is 2. The molecule has 178 valence electrons. The minimum atomic E-state index is -4.09. The summed E-state index contributed by atoms with van der Waals surface area (Å²) >= 11 is 6.21. The Morgan fingerprint density at radius 1 is 1.00 bits per heavy atom. The Kier molecular flexibility index (Phi) is 8.14. The maximum absolute atomic E-state index is 13.4. The first-order valence-corrected chi connectivity index (χ1v) is 12.1. The molecule has 0 unspecified atom stereocenters. The number of methoxy groups -OCH3 is 1. The van der Waals surface area contributed by atoms with Crippen molar-refractivity contribution in [3.63, 3.8) is 0 Å². The number of esters is 1. The van der Waals surface area contributed by atoms with E-state index in [1.807, 2.05) is 0 Å². The second-order valence-corrected chi connectivity index (χ2v) is 9.26. The van der Waals surface area contributed by atoms with Crippen molar-refractivity contribution in [1.82, 2.24) is 0 Å². The molecular formula is C24H23ClN2O6S. The van der Waals surface area contributed by atoms with Gasteiger partial charge in [-0.05, 0) is 61.5 Å². The summed E-state index contributed by atoms with van der Waals surface area (Å²) in [6, 6.07) is 18.3. The molecule has 0 atom stereocenters. The number of anilines is 2. The van der Waals surface area contributed by atoms with Gasteiger partial charge in [0.05, 0.1) is 34.9 Å². The van der Waals surface area contributed by atoms with E-state index in [0.29, 0.717) is 17.0 Å². The molecule has 3 rings (SSSR count). The largest absolute Gasteiger partial charge is 0.495 e. The van der Waals surface area contributed by atoms with Crippen molar-refractivity contribution in [2.75, 3.05) is 29.9 Å². The molecule has 0 aromatic heterocycles. The van der Waals surface area contributed by atoms with Crippen LogP contribution in [0.2, 0.25) is 5.02 Å². The van der Waals surface area contributed by atoms with Crippen LogP contribution in [0.4, 0.5) is 11.4 Å². The smallest absolute Gasteiger partial charge is 0.338 e. The van der Waals surface area contributed by atoms with Crippen molar-refractivity contribution in [3.8, 4) is 5.75 Å². The monoisotopic (exact) mass is 502 g/mol. The van der Waals surface area contributed by atoms with Crippen LogP contribution in [0.5, 0.6) is 5.75 Å². The molecule has 10 heteroatoms. The zero-order chi connectivity index (χ0) is 24.7. The topological polar surface area (TPSA) is 102 Å². The Balaban J connectivity index is 1.87. The number of amides is 1. The summed E-state index contributed by atoms with van der Waals surface area (Å²) in [5, 5.41) is 2.84. The lowest BCUT2D eigenvalue weighted by Crippen LogP contribution is -2.38. The van der Waals surface area contributed by atoms with Crippen LogP contribution >= 0.6 is 11.6 Å². The highest BCUT2D eigenvalue weighted by Gasteiger charge is 2.27. The van der Waals surface area contributed by atoms with Gasteiger partial charge in [-0.25, -0.2) is 13.2 Å². The number of carbonyl (C=O) groups is 2. The Bertz CT molecular complexity index is 1260. The molecule has 0 aliphatic heterocycles. The maximum atomic E-state index is 13.4. The van der Waals surface area contributed by atoms with Gasteiger partial charge in [0.2, 0.25) is 5.91 Å². The molecule has 3 aromatic rings. The molecule has 0 saturated carbocycles. The predicted molar refractivity (Wildman–Crippen MR) is 130 cm³/mol. The van der Waals surface area contributed by atoms with Crippen LogP contribution in [-0.4, -0.2) is 40.6 Å². The average Bonchev–Trinajstić information content (AvgIpc) is 2.83. The van der Waals surface area contributed by atoms with Crippen LogP contribution in [0.15, 0.2) is 77.7 Å². The Hall–Kier alpha value is -3.56. The molecule has 0 radical (unpaired) electrons. The zero-order valence-electron chi connectivity index (χ0n) is 18.5. The van der Waals surface area contributed by atoms with Gasteiger partial charge in [0, 0.05) is 5.69 Å². The molecule has 1 amide bonds. The van der Waals surface area contributed by atoms with Gasteiger partial charge in [-0.2, -0.15) is 0 Å². The van der Waals surface area contributed by atoms with E-state index in [1.165, 1.54) is 61.7 Å². The van der Waals surface area contributed by atoms with Crippen molar-refractivity contribution in [3.05, 3.63) is 83.4 Å². The summed E-state index contributed by atoms with van der Waals surface area (Å²) in [6.45, 7) is 1.44. The normalized spacial score (nSPS) is 10.9. The molecular weight excluding hydrogens is 480 g/mol. The van der Waals surface area contributed by atoms with Crippen LogP contribution in [0, 0.1) is 0 Å². The maximum Gasteiger partial charge on any atom is 0.338 e. The number of rotatable bonds is 9.